The van der Waals surface area contributed by atoms with Crippen molar-refractivity contribution < 1.29 is 19.0 Å². The van der Waals surface area contributed by atoms with Crippen LogP contribution in [0.1, 0.15) is 10.4 Å². The lowest BCUT2D eigenvalue weighted by Gasteiger charge is -2.12. The van der Waals surface area contributed by atoms with Crippen LogP contribution in [0.15, 0.2) is 85.1 Å². The molecule has 0 aliphatic rings. The lowest BCUT2D eigenvalue weighted by atomic mass is 10.1. The molecule has 166 valence electrons. The highest BCUT2D eigenvalue weighted by molar-refractivity contribution is 5.92. The number of benzene rings is 3. The molecule has 0 aliphatic carbocycles. The summed E-state index contributed by atoms with van der Waals surface area (Å²) in [6.45, 7) is 0. The molecular formula is C26H23N3O4. The molecule has 4 rings (SSSR count). The Kier molecular flexibility index (Phi) is 6.40. The van der Waals surface area contributed by atoms with Crippen molar-refractivity contribution in [2.24, 2.45) is 5.73 Å². The zero-order valence-electron chi connectivity index (χ0n) is 18.2. The van der Waals surface area contributed by atoms with Gasteiger partial charge in [-0.05, 0) is 60.2 Å². The minimum absolute atomic E-state index is 0.431. The van der Waals surface area contributed by atoms with Crippen LogP contribution >= 0.6 is 0 Å². The molecule has 0 unspecified atom stereocenters. The van der Waals surface area contributed by atoms with Crippen LogP contribution < -0.4 is 25.3 Å². The van der Waals surface area contributed by atoms with E-state index in [1.165, 1.54) is 0 Å². The van der Waals surface area contributed by atoms with Gasteiger partial charge in [0.25, 0.3) is 0 Å². The van der Waals surface area contributed by atoms with E-state index in [2.05, 4.69) is 10.3 Å². The van der Waals surface area contributed by atoms with Crippen molar-refractivity contribution in [1.29, 1.82) is 0 Å². The molecule has 0 fully saturated rings. The number of primary amides is 1. The lowest BCUT2D eigenvalue weighted by molar-refractivity contribution is 0.100. The second-order valence-corrected chi connectivity index (χ2v) is 7.12. The van der Waals surface area contributed by atoms with Crippen molar-refractivity contribution in [2.75, 3.05) is 19.5 Å². The van der Waals surface area contributed by atoms with E-state index in [0.717, 1.165) is 16.8 Å². The van der Waals surface area contributed by atoms with E-state index in [4.69, 9.17) is 19.9 Å². The number of rotatable bonds is 8. The highest BCUT2D eigenvalue weighted by Gasteiger charge is 2.09. The van der Waals surface area contributed by atoms with Gasteiger partial charge in [-0.3, -0.25) is 4.79 Å². The van der Waals surface area contributed by atoms with Gasteiger partial charge in [0, 0.05) is 42.2 Å². The summed E-state index contributed by atoms with van der Waals surface area (Å²) in [4.78, 5) is 15.6. The third-order valence-corrected chi connectivity index (χ3v) is 4.95. The fourth-order valence-electron chi connectivity index (χ4n) is 3.19. The minimum Gasteiger partial charge on any atom is -0.493 e. The van der Waals surface area contributed by atoms with Crippen LogP contribution in [-0.2, 0) is 0 Å². The summed E-state index contributed by atoms with van der Waals surface area (Å²) in [6, 6.07) is 23.6. The first kappa shape index (κ1) is 21.7. The molecule has 0 radical (unpaired) electrons. The van der Waals surface area contributed by atoms with Crippen molar-refractivity contribution in [3.8, 4) is 40.0 Å². The highest BCUT2D eigenvalue weighted by atomic mass is 16.5. The summed E-state index contributed by atoms with van der Waals surface area (Å²) in [7, 11) is 3.44. The monoisotopic (exact) mass is 441 g/mol. The maximum absolute atomic E-state index is 11.2. The molecule has 1 amide bonds. The minimum atomic E-state index is -0.475. The first-order chi connectivity index (χ1) is 16.1. The average molecular weight is 441 g/mol. The Morgan fingerprint density at radius 3 is 2.33 bits per heavy atom. The molecule has 0 saturated carbocycles. The average Bonchev–Trinajstić information content (AvgIpc) is 2.85. The second-order valence-electron chi connectivity index (χ2n) is 7.12. The largest absolute Gasteiger partial charge is 0.493 e. The number of hydrogen-bond acceptors (Lipinski definition) is 6. The molecule has 0 atom stereocenters. The first-order valence-electron chi connectivity index (χ1n) is 10.2. The zero-order chi connectivity index (χ0) is 23.2. The third-order valence-electron chi connectivity index (χ3n) is 4.95. The second kappa shape index (κ2) is 9.74. The van der Waals surface area contributed by atoms with Crippen LogP contribution in [0.3, 0.4) is 0 Å². The van der Waals surface area contributed by atoms with E-state index in [0.29, 0.717) is 34.4 Å². The smallest absolute Gasteiger partial charge is 0.248 e. The summed E-state index contributed by atoms with van der Waals surface area (Å²) < 4.78 is 17.2. The van der Waals surface area contributed by atoms with E-state index < -0.39 is 5.91 Å². The topological polar surface area (TPSA) is 95.7 Å². The number of nitrogens with zero attached hydrogens (tertiary/aromatic N) is 1. The molecule has 0 bridgehead atoms. The van der Waals surface area contributed by atoms with E-state index in [-0.39, 0.29) is 0 Å². The molecule has 3 N–H and O–H groups in total. The van der Waals surface area contributed by atoms with Crippen molar-refractivity contribution in [2.45, 2.75) is 0 Å². The number of anilines is 1. The van der Waals surface area contributed by atoms with Crippen LogP contribution in [0.4, 0.5) is 5.69 Å². The van der Waals surface area contributed by atoms with Gasteiger partial charge in [0.1, 0.15) is 11.5 Å². The number of methoxy groups -OCH3 is 1. The Labute approximate surface area is 191 Å². The van der Waals surface area contributed by atoms with Gasteiger partial charge < -0.3 is 25.3 Å². The summed E-state index contributed by atoms with van der Waals surface area (Å²) in [5, 5.41) is 3.07. The Hall–Kier alpha value is -4.52. The number of nitrogens with one attached hydrogen (secondary N) is 1. The Bertz CT molecular complexity index is 1260. The van der Waals surface area contributed by atoms with E-state index in [1.807, 2.05) is 55.6 Å². The van der Waals surface area contributed by atoms with Crippen LogP contribution in [0.25, 0.3) is 11.1 Å². The molecule has 7 nitrogen and oxygen atoms in total. The van der Waals surface area contributed by atoms with Gasteiger partial charge in [-0.15, -0.1) is 0 Å². The Balaban J connectivity index is 1.48. The van der Waals surface area contributed by atoms with Crippen LogP contribution in [-0.4, -0.2) is 25.0 Å². The van der Waals surface area contributed by atoms with Crippen molar-refractivity contribution in [1.82, 2.24) is 4.98 Å². The molecular weight excluding hydrogens is 418 g/mol. The molecule has 1 heterocycles. The predicted molar refractivity (Wildman–Crippen MR) is 127 cm³/mol. The van der Waals surface area contributed by atoms with Crippen LogP contribution in [0.5, 0.6) is 28.9 Å². The number of hydrogen-bond donors (Lipinski definition) is 2. The molecule has 1 aromatic heterocycles. The van der Waals surface area contributed by atoms with Crippen molar-refractivity contribution >= 4 is 11.6 Å². The number of carbonyl (C=O) groups is 1. The molecule has 3 aromatic carbocycles. The first-order valence-corrected chi connectivity index (χ1v) is 10.2. The molecule has 33 heavy (non-hydrogen) atoms. The van der Waals surface area contributed by atoms with Crippen molar-refractivity contribution in [3.05, 3.63) is 90.6 Å². The summed E-state index contributed by atoms with van der Waals surface area (Å²) in [6.07, 6.45) is 1.74. The van der Waals surface area contributed by atoms with E-state index in [9.17, 15) is 4.79 Å². The fraction of sp³-hybridized carbons (Fsp3) is 0.0769. The highest BCUT2D eigenvalue weighted by Crippen LogP contribution is 2.34. The third kappa shape index (κ3) is 5.22. The Morgan fingerprint density at radius 1 is 0.848 bits per heavy atom. The molecule has 0 aliphatic heterocycles. The lowest BCUT2D eigenvalue weighted by Crippen LogP contribution is -2.10. The van der Waals surface area contributed by atoms with Crippen molar-refractivity contribution in [3.63, 3.8) is 0 Å². The number of amides is 1. The number of pyridine rings is 1. The number of carbonyl (C=O) groups excluding carboxylic acids is 1. The predicted octanol–water partition coefficient (Wildman–Crippen LogP) is 5.48. The van der Waals surface area contributed by atoms with Gasteiger partial charge in [-0.2, -0.15) is 0 Å². The number of aromatic nitrogens is 1. The van der Waals surface area contributed by atoms with Gasteiger partial charge in [0.2, 0.25) is 11.8 Å². The normalized spacial score (nSPS) is 10.4. The van der Waals surface area contributed by atoms with Gasteiger partial charge in [-0.25, -0.2) is 4.98 Å². The quantitative estimate of drug-likeness (QED) is 0.376. The summed E-state index contributed by atoms with van der Waals surface area (Å²) in [5.74, 6) is 2.44. The maximum Gasteiger partial charge on any atom is 0.248 e. The fourth-order valence-corrected chi connectivity index (χ4v) is 3.19. The summed E-state index contributed by atoms with van der Waals surface area (Å²) >= 11 is 0. The number of ether oxygens (including phenoxy) is 3. The molecule has 0 spiro atoms. The van der Waals surface area contributed by atoms with Crippen LogP contribution in [0, 0.1) is 0 Å². The zero-order valence-corrected chi connectivity index (χ0v) is 18.2. The van der Waals surface area contributed by atoms with E-state index in [1.54, 1.807) is 43.6 Å². The van der Waals surface area contributed by atoms with Crippen LogP contribution in [0.2, 0.25) is 0 Å². The maximum atomic E-state index is 11.2. The van der Waals surface area contributed by atoms with Gasteiger partial charge in [0.15, 0.2) is 11.5 Å². The SMILES string of the molecule is CNc1ccc(Oc2ccc(-c3cccc(Oc4ccc(C(N)=O)cc4)c3)cn2)c(OC)c1. The Morgan fingerprint density at radius 2 is 1.67 bits per heavy atom. The molecule has 7 heteroatoms. The number of nitrogens with two attached hydrogens (primary N) is 1. The summed E-state index contributed by atoms with van der Waals surface area (Å²) in [5.41, 5.74) is 8.48. The van der Waals surface area contributed by atoms with Gasteiger partial charge in [-0.1, -0.05) is 12.1 Å². The molecule has 4 aromatic rings. The standard InChI is InChI=1S/C26H23N3O4/c1-28-20-9-12-23(24(15-20)31-2)33-25-13-8-19(16-29-25)18-4-3-5-22(14-18)32-21-10-6-17(7-11-21)26(27)30/h3-16,28H,1-2H3,(H2,27,30). The molecule has 0 saturated heterocycles. The van der Waals surface area contributed by atoms with Gasteiger partial charge in [0.05, 0.1) is 7.11 Å². The van der Waals surface area contributed by atoms with E-state index >= 15 is 0 Å². The van der Waals surface area contributed by atoms with Gasteiger partial charge >= 0.3 is 0 Å².